The van der Waals surface area contributed by atoms with E-state index in [2.05, 4.69) is 74.6 Å². The molecule has 0 radical (unpaired) electrons. The lowest BCUT2D eigenvalue weighted by Crippen LogP contribution is -2.45. The molecule has 0 fully saturated rings. The molecule has 1 nitrogen and oxygen atoms in total. The molecule has 0 saturated heterocycles. The molecule has 0 aliphatic rings. The van der Waals surface area contributed by atoms with Gasteiger partial charge in [0.15, 0.2) is 7.85 Å². The summed E-state index contributed by atoms with van der Waals surface area (Å²) < 4.78 is 0. The van der Waals surface area contributed by atoms with E-state index < -0.39 is 0 Å². The van der Waals surface area contributed by atoms with E-state index in [0.29, 0.717) is 0 Å². The first kappa shape index (κ1) is 15.9. The van der Waals surface area contributed by atoms with Crippen LogP contribution in [0.4, 0.5) is 0 Å². The summed E-state index contributed by atoms with van der Waals surface area (Å²) in [5.41, 5.74) is 7.92. The summed E-state index contributed by atoms with van der Waals surface area (Å²) in [6.45, 7) is 6.93. The van der Waals surface area contributed by atoms with Crippen molar-refractivity contribution in [2.45, 2.75) is 39.0 Å². The van der Waals surface area contributed by atoms with E-state index in [-0.39, 0.29) is 5.41 Å². The molecule has 106 valence electrons. The molecular formula is C17H24B3N. The van der Waals surface area contributed by atoms with Gasteiger partial charge in [-0.05, 0) is 35.0 Å². The maximum atomic E-state index is 4.97. The zero-order valence-corrected chi connectivity index (χ0v) is 14.2. The zero-order chi connectivity index (χ0) is 15.6. The molecular weight excluding hydrogens is 251 g/mol. The summed E-state index contributed by atoms with van der Waals surface area (Å²) in [6, 6.07) is 10.5. The lowest BCUT2D eigenvalue weighted by Gasteiger charge is -2.32. The highest BCUT2D eigenvalue weighted by Crippen LogP contribution is 2.28. The average Bonchev–Trinajstić information content (AvgIpc) is 2.51. The van der Waals surface area contributed by atoms with Crippen molar-refractivity contribution in [1.29, 1.82) is 0 Å². The molecule has 21 heavy (non-hydrogen) atoms. The van der Waals surface area contributed by atoms with Gasteiger partial charge in [-0.2, -0.15) is 0 Å². The van der Waals surface area contributed by atoms with Crippen molar-refractivity contribution in [1.82, 2.24) is 4.98 Å². The molecule has 0 atom stereocenters. The third-order valence-electron chi connectivity index (χ3n) is 5.15. The van der Waals surface area contributed by atoms with E-state index in [0.717, 1.165) is 18.5 Å². The second-order valence-electron chi connectivity index (χ2n) is 6.30. The van der Waals surface area contributed by atoms with Crippen LogP contribution >= 0.6 is 0 Å². The molecule has 0 saturated carbocycles. The number of pyridine rings is 1. The molecule has 0 unspecified atom stereocenters. The molecule has 2 rings (SSSR count). The number of hydrogen-bond acceptors (Lipinski definition) is 1. The molecule has 2 aromatic rings. The van der Waals surface area contributed by atoms with Crippen LogP contribution in [0.15, 0.2) is 30.3 Å². The number of hydrogen-bond donors (Lipinski definition) is 0. The average molecular weight is 275 g/mol. The van der Waals surface area contributed by atoms with Crippen molar-refractivity contribution >= 4 is 40.1 Å². The Hall–Kier alpha value is -1.44. The summed E-state index contributed by atoms with van der Waals surface area (Å²) >= 11 is 0. The Morgan fingerprint density at radius 1 is 0.952 bits per heavy atom. The standard InChI is InChI=1S/C17H24B3N/c1-4-17(3,5-2)12-13(18)14(19)15(21-16(12)20)11-9-7-6-8-10-11/h6-10H,4-5,18-20H2,1-3H3. The number of aromatic nitrogens is 1. The predicted octanol–water partition coefficient (Wildman–Crippen LogP) is -0.399. The fraction of sp³-hybridized carbons (Fsp3) is 0.353. The van der Waals surface area contributed by atoms with E-state index in [1.54, 1.807) is 0 Å². The predicted molar refractivity (Wildman–Crippen MR) is 102 cm³/mol. The molecule has 1 heterocycles. The summed E-state index contributed by atoms with van der Waals surface area (Å²) in [5.74, 6) is 0. The summed E-state index contributed by atoms with van der Waals surface area (Å²) in [6.07, 6.45) is 2.30. The van der Waals surface area contributed by atoms with Crippen LogP contribution in [0.5, 0.6) is 0 Å². The SMILES string of the molecule is Bc1nc(-c2ccccc2)c(B)c(B)c1C(C)(CC)CC. The van der Waals surface area contributed by atoms with Gasteiger partial charge < -0.3 is 0 Å². The van der Waals surface area contributed by atoms with Gasteiger partial charge in [-0.3, -0.25) is 4.98 Å². The first-order chi connectivity index (χ1) is 9.94. The Bertz CT molecular complexity index is 634. The van der Waals surface area contributed by atoms with Crippen LogP contribution in [-0.2, 0) is 5.41 Å². The molecule has 1 aromatic carbocycles. The van der Waals surface area contributed by atoms with Gasteiger partial charge in [0.2, 0.25) is 0 Å². The van der Waals surface area contributed by atoms with Gasteiger partial charge in [-0.15, -0.1) is 0 Å². The maximum Gasteiger partial charge on any atom is 0.164 e. The second kappa shape index (κ2) is 6.13. The lowest BCUT2D eigenvalue weighted by molar-refractivity contribution is 0.443. The van der Waals surface area contributed by atoms with Crippen LogP contribution in [0.1, 0.15) is 39.2 Å². The normalized spacial score (nSPS) is 11.6. The molecule has 0 aliphatic heterocycles. The minimum atomic E-state index is 0.223. The van der Waals surface area contributed by atoms with Crippen LogP contribution in [0.2, 0.25) is 0 Å². The van der Waals surface area contributed by atoms with Gasteiger partial charge >= 0.3 is 0 Å². The Labute approximate surface area is 131 Å². The van der Waals surface area contributed by atoms with Crippen LogP contribution in [0.3, 0.4) is 0 Å². The molecule has 0 N–H and O–H groups in total. The first-order valence-corrected chi connectivity index (χ1v) is 7.98. The molecule has 0 spiro atoms. The Balaban J connectivity index is 2.67. The van der Waals surface area contributed by atoms with Crippen molar-refractivity contribution in [2.75, 3.05) is 0 Å². The first-order valence-electron chi connectivity index (χ1n) is 7.98. The summed E-state index contributed by atoms with van der Waals surface area (Å²) in [5, 5.41) is 0. The van der Waals surface area contributed by atoms with Gasteiger partial charge in [0.05, 0.1) is 5.69 Å². The number of nitrogens with zero attached hydrogens (tertiary/aromatic N) is 1. The number of benzene rings is 1. The van der Waals surface area contributed by atoms with Crippen LogP contribution in [0, 0.1) is 0 Å². The van der Waals surface area contributed by atoms with E-state index in [4.69, 9.17) is 4.98 Å². The largest absolute Gasteiger partial charge is 0.264 e. The van der Waals surface area contributed by atoms with Crippen molar-refractivity contribution in [3.63, 3.8) is 0 Å². The molecule has 0 bridgehead atoms. The third kappa shape index (κ3) is 2.81. The Kier molecular flexibility index (Phi) is 4.66. The third-order valence-corrected chi connectivity index (χ3v) is 5.15. The highest BCUT2D eigenvalue weighted by Gasteiger charge is 2.27. The second-order valence-corrected chi connectivity index (χ2v) is 6.30. The lowest BCUT2D eigenvalue weighted by atomic mass is 9.64. The van der Waals surface area contributed by atoms with E-state index in [1.165, 1.54) is 27.6 Å². The topological polar surface area (TPSA) is 12.9 Å². The van der Waals surface area contributed by atoms with Crippen molar-refractivity contribution in [2.24, 2.45) is 0 Å². The maximum absolute atomic E-state index is 4.97. The van der Waals surface area contributed by atoms with Crippen molar-refractivity contribution < 1.29 is 0 Å². The molecule has 0 aliphatic carbocycles. The van der Waals surface area contributed by atoms with Gasteiger partial charge in [0.1, 0.15) is 15.7 Å². The fourth-order valence-corrected chi connectivity index (χ4v) is 3.31. The van der Waals surface area contributed by atoms with Gasteiger partial charge in [-0.25, -0.2) is 0 Å². The minimum absolute atomic E-state index is 0.223. The molecule has 0 amide bonds. The van der Waals surface area contributed by atoms with Crippen LogP contribution in [-0.4, -0.2) is 28.5 Å². The zero-order valence-electron chi connectivity index (χ0n) is 14.2. The van der Waals surface area contributed by atoms with Crippen molar-refractivity contribution in [3.8, 4) is 11.3 Å². The van der Waals surface area contributed by atoms with E-state index in [1.807, 2.05) is 0 Å². The number of rotatable bonds is 4. The van der Waals surface area contributed by atoms with E-state index >= 15 is 0 Å². The molecule has 1 aromatic heterocycles. The van der Waals surface area contributed by atoms with E-state index in [9.17, 15) is 0 Å². The fourth-order valence-electron chi connectivity index (χ4n) is 3.31. The Morgan fingerprint density at radius 2 is 1.52 bits per heavy atom. The van der Waals surface area contributed by atoms with Crippen LogP contribution < -0.4 is 16.5 Å². The summed E-state index contributed by atoms with van der Waals surface area (Å²) in [4.78, 5) is 4.97. The quantitative estimate of drug-likeness (QED) is 0.692. The van der Waals surface area contributed by atoms with Gasteiger partial charge in [0, 0.05) is 0 Å². The van der Waals surface area contributed by atoms with Crippen molar-refractivity contribution in [3.05, 3.63) is 35.9 Å². The van der Waals surface area contributed by atoms with Gasteiger partial charge in [-0.1, -0.05) is 62.0 Å². The van der Waals surface area contributed by atoms with Crippen LogP contribution in [0.25, 0.3) is 11.3 Å². The Morgan fingerprint density at radius 3 is 2.05 bits per heavy atom. The monoisotopic (exact) mass is 275 g/mol. The van der Waals surface area contributed by atoms with Gasteiger partial charge in [0.25, 0.3) is 0 Å². The summed E-state index contributed by atoms with van der Waals surface area (Å²) in [7, 11) is 6.63. The minimum Gasteiger partial charge on any atom is -0.264 e. The highest BCUT2D eigenvalue weighted by atomic mass is 14.7. The smallest absolute Gasteiger partial charge is 0.164 e. The highest BCUT2D eigenvalue weighted by molar-refractivity contribution is 6.52. The molecule has 4 heteroatoms.